The summed E-state index contributed by atoms with van der Waals surface area (Å²) in [5.74, 6) is 0.998. The average molecular weight is 366 g/mol. The number of carbonyl (C=O) groups is 1. The summed E-state index contributed by atoms with van der Waals surface area (Å²) in [4.78, 5) is 26.0. The monoisotopic (exact) mass is 366 g/mol. The third-order valence-electron chi connectivity index (χ3n) is 5.43. The molecule has 1 amide bonds. The van der Waals surface area contributed by atoms with Crippen LogP contribution in [0.15, 0.2) is 49.1 Å². The molecule has 2 aromatic heterocycles. The lowest BCUT2D eigenvalue weighted by Crippen LogP contribution is -2.47. The van der Waals surface area contributed by atoms with Crippen LogP contribution in [0.5, 0.6) is 5.75 Å². The molecule has 0 aliphatic carbocycles. The van der Waals surface area contributed by atoms with E-state index in [2.05, 4.69) is 14.9 Å². The van der Waals surface area contributed by atoms with Gasteiger partial charge in [0.25, 0.3) is 0 Å². The number of aromatic nitrogens is 2. The van der Waals surface area contributed by atoms with Crippen molar-refractivity contribution in [3.05, 3.63) is 54.6 Å². The zero-order chi connectivity index (χ0) is 18.5. The van der Waals surface area contributed by atoms with E-state index in [-0.39, 0.29) is 18.1 Å². The van der Waals surface area contributed by atoms with Crippen molar-refractivity contribution < 1.29 is 9.53 Å². The van der Waals surface area contributed by atoms with Crippen LogP contribution in [0.4, 0.5) is 0 Å². The van der Waals surface area contributed by atoms with Gasteiger partial charge in [-0.25, -0.2) is 0 Å². The van der Waals surface area contributed by atoms with Crippen LogP contribution in [0.1, 0.15) is 37.3 Å². The van der Waals surface area contributed by atoms with Crippen LogP contribution in [0.3, 0.4) is 0 Å². The summed E-state index contributed by atoms with van der Waals surface area (Å²) in [6, 6.07) is 7.53. The van der Waals surface area contributed by atoms with E-state index in [1.807, 2.05) is 35.4 Å². The number of rotatable bonds is 5. The van der Waals surface area contributed by atoms with Gasteiger partial charge in [-0.05, 0) is 49.7 Å². The molecule has 2 aliphatic rings. The van der Waals surface area contributed by atoms with Gasteiger partial charge in [0.15, 0.2) is 0 Å². The van der Waals surface area contributed by atoms with Crippen LogP contribution >= 0.6 is 0 Å². The quantitative estimate of drug-likeness (QED) is 0.814. The first-order valence-corrected chi connectivity index (χ1v) is 9.81. The standard InChI is InChI=1S/C21H26N4O2/c26-21(20(24-11-1-2-12-24)17-5-3-9-22-15-17)25-13-7-18(8-14-25)27-19-6-4-10-23-16-19/h3-6,9-10,15-16,18,20H,1-2,7-8,11-14H2. The lowest BCUT2D eigenvalue weighted by atomic mass is 10.0. The molecule has 2 aliphatic heterocycles. The molecule has 27 heavy (non-hydrogen) atoms. The van der Waals surface area contributed by atoms with Crippen LogP contribution < -0.4 is 4.74 Å². The number of pyridine rings is 2. The Kier molecular flexibility index (Phi) is 5.63. The van der Waals surface area contributed by atoms with Gasteiger partial charge in [0.2, 0.25) is 5.91 Å². The number of piperidine rings is 1. The van der Waals surface area contributed by atoms with E-state index in [4.69, 9.17) is 4.74 Å². The van der Waals surface area contributed by atoms with Crippen molar-refractivity contribution in [2.75, 3.05) is 26.2 Å². The van der Waals surface area contributed by atoms with Gasteiger partial charge in [-0.2, -0.15) is 0 Å². The minimum atomic E-state index is -0.211. The summed E-state index contributed by atoms with van der Waals surface area (Å²) >= 11 is 0. The maximum atomic E-state index is 13.4. The van der Waals surface area contributed by atoms with Gasteiger partial charge >= 0.3 is 0 Å². The number of hydrogen-bond acceptors (Lipinski definition) is 5. The number of hydrogen-bond donors (Lipinski definition) is 0. The molecule has 0 saturated carbocycles. The van der Waals surface area contributed by atoms with Gasteiger partial charge in [0, 0.05) is 44.5 Å². The van der Waals surface area contributed by atoms with Crippen LogP contribution in [-0.4, -0.2) is 58.0 Å². The number of carbonyl (C=O) groups excluding carboxylic acids is 1. The molecule has 4 heterocycles. The third-order valence-corrected chi connectivity index (χ3v) is 5.43. The number of ether oxygens (including phenoxy) is 1. The zero-order valence-electron chi connectivity index (χ0n) is 15.5. The zero-order valence-corrected chi connectivity index (χ0v) is 15.5. The molecular formula is C21H26N4O2. The average Bonchev–Trinajstić information content (AvgIpc) is 3.24. The maximum Gasteiger partial charge on any atom is 0.244 e. The fourth-order valence-corrected chi connectivity index (χ4v) is 4.02. The lowest BCUT2D eigenvalue weighted by Gasteiger charge is -2.36. The first-order valence-electron chi connectivity index (χ1n) is 9.81. The third kappa shape index (κ3) is 4.27. The fourth-order valence-electron chi connectivity index (χ4n) is 4.02. The summed E-state index contributed by atoms with van der Waals surface area (Å²) in [5, 5.41) is 0. The van der Waals surface area contributed by atoms with E-state index in [9.17, 15) is 4.79 Å². The van der Waals surface area contributed by atoms with E-state index in [1.165, 1.54) is 0 Å². The normalized spacial score (nSPS) is 19.8. The Labute approximate surface area is 160 Å². The van der Waals surface area contributed by atoms with E-state index in [1.54, 1.807) is 18.6 Å². The van der Waals surface area contributed by atoms with E-state index in [0.717, 1.165) is 63.2 Å². The smallest absolute Gasteiger partial charge is 0.244 e. The molecule has 6 nitrogen and oxygen atoms in total. The molecule has 142 valence electrons. The summed E-state index contributed by atoms with van der Waals surface area (Å²) in [6.45, 7) is 3.42. The molecule has 2 fully saturated rings. The highest BCUT2D eigenvalue weighted by molar-refractivity contribution is 5.83. The molecule has 1 unspecified atom stereocenters. The van der Waals surface area contributed by atoms with E-state index in [0.29, 0.717) is 0 Å². The van der Waals surface area contributed by atoms with Gasteiger partial charge in [-0.15, -0.1) is 0 Å². The number of amides is 1. The van der Waals surface area contributed by atoms with Crippen molar-refractivity contribution in [3.63, 3.8) is 0 Å². The molecule has 4 rings (SSSR count). The second-order valence-corrected chi connectivity index (χ2v) is 7.26. The topological polar surface area (TPSA) is 58.6 Å². The highest BCUT2D eigenvalue weighted by atomic mass is 16.5. The van der Waals surface area contributed by atoms with Crippen molar-refractivity contribution in [3.8, 4) is 5.75 Å². The van der Waals surface area contributed by atoms with Crippen molar-refractivity contribution in [2.24, 2.45) is 0 Å². The van der Waals surface area contributed by atoms with Gasteiger partial charge in [-0.3, -0.25) is 19.7 Å². The second kappa shape index (κ2) is 8.48. The highest BCUT2D eigenvalue weighted by Crippen LogP contribution is 2.28. The molecule has 2 aromatic rings. The van der Waals surface area contributed by atoms with Crippen LogP contribution in [0.25, 0.3) is 0 Å². The van der Waals surface area contributed by atoms with Gasteiger partial charge in [0.1, 0.15) is 17.9 Å². The molecule has 0 bridgehead atoms. The minimum Gasteiger partial charge on any atom is -0.489 e. The fraction of sp³-hybridized carbons (Fsp3) is 0.476. The van der Waals surface area contributed by atoms with Crippen LogP contribution in [0, 0.1) is 0 Å². The first-order chi connectivity index (χ1) is 13.3. The molecule has 0 N–H and O–H groups in total. The van der Waals surface area contributed by atoms with E-state index < -0.39 is 0 Å². The molecule has 0 radical (unpaired) electrons. The van der Waals surface area contributed by atoms with Crippen molar-refractivity contribution >= 4 is 5.91 Å². The summed E-state index contributed by atoms with van der Waals surface area (Å²) in [7, 11) is 0. The Bertz CT molecular complexity index is 726. The predicted molar refractivity (Wildman–Crippen MR) is 102 cm³/mol. The minimum absolute atomic E-state index is 0.141. The van der Waals surface area contributed by atoms with Gasteiger partial charge < -0.3 is 9.64 Å². The SMILES string of the molecule is O=C(C(c1cccnc1)N1CCCC1)N1CCC(Oc2cccnc2)CC1. The first kappa shape index (κ1) is 17.9. The molecular weight excluding hydrogens is 340 g/mol. The maximum absolute atomic E-state index is 13.4. The van der Waals surface area contributed by atoms with Crippen molar-refractivity contribution in [1.29, 1.82) is 0 Å². The summed E-state index contributed by atoms with van der Waals surface area (Å²) in [6.07, 6.45) is 11.2. The van der Waals surface area contributed by atoms with E-state index >= 15 is 0 Å². The molecule has 0 aromatic carbocycles. The Morgan fingerprint density at radius 1 is 1.00 bits per heavy atom. The second-order valence-electron chi connectivity index (χ2n) is 7.26. The number of nitrogens with zero attached hydrogens (tertiary/aromatic N) is 4. The van der Waals surface area contributed by atoms with Crippen LogP contribution in [0.2, 0.25) is 0 Å². The Balaban J connectivity index is 1.40. The van der Waals surface area contributed by atoms with Crippen LogP contribution in [-0.2, 0) is 4.79 Å². The molecule has 0 spiro atoms. The van der Waals surface area contributed by atoms with Gasteiger partial charge in [0.05, 0.1) is 6.20 Å². The summed E-state index contributed by atoms with van der Waals surface area (Å²) < 4.78 is 6.01. The Hall–Kier alpha value is -2.47. The molecule has 2 saturated heterocycles. The molecule has 6 heteroatoms. The van der Waals surface area contributed by atoms with Crippen molar-refractivity contribution in [2.45, 2.75) is 37.8 Å². The Morgan fingerprint density at radius 3 is 2.33 bits per heavy atom. The largest absolute Gasteiger partial charge is 0.489 e. The van der Waals surface area contributed by atoms with Crippen molar-refractivity contribution in [1.82, 2.24) is 19.8 Å². The highest BCUT2D eigenvalue weighted by Gasteiger charge is 2.34. The number of likely N-dealkylation sites (tertiary alicyclic amines) is 2. The van der Waals surface area contributed by atoms with Gasteiger partial charge in [-0.1, -0.05) is 6.07 Å². The molecule has 1 atom stereocenters. The lowest BCUT2D eigenvalue weighted by molar-refractivity contribution is -0.138. The summed E-state index contributed by atoms with van der Waals surface area (Å²) in [5.41, 5.74) is 0.998. The Morgan fingerprint density at radius 2 is 1.70 bits per heavy atom. The predicted octanol–water partition coefficient (Wildman–Crippen LogP) is 2.68.